The molecule has 16 heavy (non-hydrogen) atoms. The van der Waals surface area contributed by atoms with Gasteiger partial charge in [-0.2, -0.15) is 0 Å². The molecule has 4 heteroatoms. The molecule has 0 unspecified atom stereocenters. The molecule has 0 saturated heterocycles. The van der Waals surface area contributed by atoms with E-state index in [0.717, 1.165) is 0 Å². The van der Waals surface area contributed by atoms with E-state index in [4.69, 9.17) is 0 Å². The van der Waals surface area contributed by atoms with Crippen LogP contribution in [0.25, 0.3) is 0 Å². The van der Waals surface area contributed by atoms with Gasteiger partial charge in [-0.3, -0.25) is 0 Å². The summed E-state index contributed by atoms with van der Waals surface area (Å²) in [6.45, 7) is 4.32. The van der Waals surface area contributed by atoms with Crippen LogP contribution in [0.5, 0.6) is 0 Å². The Labute approximate surface area is 112 Å². The number of aromatic nitrogens is 2. The van der Waals surface area contributed by atoms with Crippen LogP contribution in [0.2, 0.25) is 0 Å². The van der Waals surface area contributed by atoms with Crippen molar-refractivity contribution in [2.75, 3.05) is 0 Å². The van der Waals surface area contributed by atoms with E-state index in [-0.39, 0.29) is 34.1 Å². The van der Waals surface area contributed by atoms with Crippen LogP contribution >= 0.6 is 0 Å². The van der Waals surface area contributed by atoms with Gasteiger partial charge in [-0.05, 0) is 0 Å². The van der Waals surface area contributed by atoms with Crippen molar-refractivity contribution in [1.82, 2.24) is 9.97 Å². The van der Waals surface area contributed by atoms with E-state index in [2.05, 4.69) is 35.9 Å². The van der Waals surface area contributed by atoms with Crippen molar-refractivity contribution in [1.29, 1.82) is 0 Å². The molecule has 0 N–H and O–H groups in total. The number of nitrogens with zero attached hydrogens (tertiary/aromatic N) is 2. The summed E-state index contributed by atoms with van der Waals surface area (Å²) >= 11 is -0.241. The predicted octanol–water partition coefficient (Wildman–Crippen LogP) is 0.368. The predicted molar refractivity (Wildman–Crippen MR) is 68.7 cm³/mol. The molecule has 0 aliphatic rings. The number of hydrogen-bond donors (Lipinski definition) is 0. The molecule has 2 heterocycles. The molecule has 0 fully saturated rings. The van der Waals surface area contributed by atoms with Crippen LogP contribution in [0.1, 0.15) is 11.1 Å². The molecule has 0 spiro atoms. The number of pyridine rings is 2. The molecule has 0 aromatic carbocycles. The third kappa shape index (κ3) is 3.19. The Morgan fingerprint density at radius 3 is 1.62 bits per heavy atom. The average molecular weight is 439 g/mol. The second-order valence-corrected chi connectivity index (χ2v) is 13.0. The SMILES string of the molecule is Cc1cccnc1[Te][Te]c1ncccc1C. The number of aryl methyl sites for hydroxylation is 2. The van der Waals surface area contributed by atoms with Crippen molar-refractivity contribution < 1.29 is 0 Å². The molecule has 0 saturated carbocycles. The topological polar surface area (TPSA) is 25.8 Å². The molecule has 0 aliphatic heterocycles. The fraction of sp³-hybridized carbons (Fsp3) is 0.167. The van der Waals surface area contributed by atoms with Crippen molar-refractivity contribution in [2.24, 2.45) is 0 Å². The molecule has 0 radical (unpaired) electrons. The van der Waals surface area contributed by atoms with Crippen LogP contribution < -0.4 is 7.48 Å². The third-order valence-corrected chi connectivity index (χ3v) is 13.3. The maximum atomic E-state index is 4.49. The molecule has 0 aliphatic carbocycles. The molecular weight excluding hydrogens is 427 g/mol. The summed E-state index contributed by atoms with van der Waals surface area (Å²) in [6, 6.07) is 8.34. The number of hydrogen-bond acceptors (Lipinski definition) is 2. The molecule has 2 rings (SSSR count). The van der Waals surface area contributed by atoms with E-state index in [0.29, 0.717) is 0 Å². The molecule has 2 nitrogen and oxygen atoms in total. The zero-order valence-electron chi connectivity index (χ0n) is 9.18. The van der Waals surface area contributed by atoms with E-state index < -0.39 is 0 Å². The Bertz CT molecular complexity index is 440. The van der Waals surface area contributed by atoms with Gasteiger partial charge < -0.3 is 0 Å². The molecule has 2 aromatic rings. The molecule has 82 valence electrons. The van der Waals surface area contributed by atoms with Crippen LogP contribution in [-0.2, 0) is 0 Å². The summed E-state index contributed by atoms with van der Waals surface area (Å²) in [7, 11) is 0. The minimum atomic E-state index is -0.121. The Hall–Kier alpha value is -0.121. The van der Waals surface area contributed by atoms with Crippen LogP contribution in [0.15, 0.2) is 36.7 Å². The van der Waals surface area contributed by atoms with Crippen molar-refractivity contribution in [3.05, 3.63) is 47.8 Å². The van der Waals surface area contributed by atoms with Crippen LogP contribution in [0, 0.1) is 13.8 Å². The second kappa shape index (κ2) is 5.99. The average Bonchev–Trinajstić information content (AvgIpc) is 2.30. The monoisotopic (exact) mass is 444 g/mol. The maximum absolute atomic E-state index is 4.49. The van der Waals surface area contributed by atoms with Gasteiger partial charge in [0.15, 0.2) is 0 Å². The van der Waals surface area contributed by atoms with Gasteiger partial charge in [-0.15, -0.1) is 0 Å². The first-order valence-corrected chi connectivity index (χ1v) is 14.6. The zero-order valence-corrected chi connectivity index (χ0v) is 13.8. The molecule has 0 bridgehead atoms. The van der Waals surface area contributed by atoms with Gasteiger partial charge in [0, 0.05) is 0 Å². The van der Waals surface area contributed by atoms with Crippen LogP contribution in [0.3, 0.4) is 0 Å². The van der Waals surface area contributed by atoms with Crippen LogP contribution in [0.4, 0.5) is 0 Å². The first-order valence-electron chi connectivity index (χ1n) is 4.95. The van der Waals surface area contributed by atoms with E-state index in [1.807, 2.05) is 24.5 Å². The minimum absolute atomic E-state index is 0.121. The van der Waals surface area contributed by atoms with Gasteiger partial charge >= 0.3 is 113 Å². The quantitative estimate of drug-likeness (QED) is 0.646. The standard InChI is InChI=1S/C12H12N2Te2/c1-9-5-3-7-13-11(9)15-16-12-10(2)6-4-8-14-12/h3-8H,1-2H3. The van der Waals surface area contributed by atoms with Crippen molar-refractivity contribution >= 4 is 41.6 Å². The van der Waals surface area contributed by atoms with E-state index in [9.17, 15) is 0 Å². The molecular formula is C12H12N2Te2. The molecule has 0 atom stereocenters. The van der Waals surface area contributed by atoms with E-state index >= 15 is 0 Å². The van der Waals surface area contributed by atoms with E-state index in [1.165, 1.54) is 18.6 Å². The van der Waals surface area contributed by atoms with E-state index in [1.54, 1.807) is 0 Å². The molecule has 2 aromatic heterocycles. The first kappa shape index (κ1) is 12.3. The zero-order chi connectivity index (χ0) is 11.4. The normalized spacial score (nSPS) is 10.4. The van der Waals surface area contributed by atoms with Gasteiger partial charge in [-0.1, -0.05) is 0 Å². The van der Waals surface area contributed by atoms with Gasteiger partial charge in [0.25, 0.3) is 0 Å². The van der Waals surface area contributed by atoms with Gasteiger partial charge in [0.05, 0.1) is 0 Å². The van der Waals surface area contributed by atoms with Crippen LogP contribution in [-0.4, -0.2) is 44.1 Å². The summed E-state index contributed by atoms with van der Waals surface area (Å²) in [4.78, 5) is 8.97. The van der Waals surface area contributed by atoms with Gasteiger partial charge in [0.1, 0.15) is 0 Å². The third-order valence-electron chi connectivity index (χ3n) is 2.12. The molecule has 0 amide bonds. The second-order valence-electron chi connectivity index (χ2n) is 3.42. The summed E-state index contributed by atoms with van der Waals surface area (Å²) < 4.78 is 2.72. The van der Waals surface area contributed by atoms with Crippen molar-refractivity contribution in [2.45, 2.75) is 13.8 Å². The fourth-order valence-corrected chi connectivity index (χ4v) is 13.1. The summed E-state index contributed by atoms with van der Waals surface area (Å²) in [5.74, 6) is 0. The Morgan fingerprint density at radius 2 is 1.25 bits per heavy atom. The fourth-order valence-electron chi connectivity index (χ4n) is 1.20. The Balaban J connectivity index is 2.09. The van der Waals surface area contributed by atoms with Gasteiger partial charge in [0.2, 0.25) is 0 Å². The van der Waals surface area contributed by atoms with Crippen molar-refractivity contribution in [3.8, 4) is 0 Å². The Kier molecular flexibility index (Phi) is 4.62. The number of rotatable bonds is 3. The summed E-state index contributed by atoms with van der Waals surface area (Å²) in [6.07, 6.45) is 3.82. The first-order chi connectivity index (χ1) is 7.77. The Morgan fingerprint density at radius 1 is 0.812 bits per heavy atom. The van der Waals surface area contributed by atoms with Crippen molar-refractivity contribution in [3.63, 3.8) is 0 Å². The summed E-state index contributed by atoms with van der Waals surface area (Å²) in [5.41, 5.74) is 2.70. The summed E-state index contributed by atoms with van der Waals surface area (Å²) in [5, 5.41) is 0. The van der Waals surface area contributed by atoms with Gasteiger partial charge in [-0.25, -0.2) is 0 Å².